The summed E-state index contributed by atoms with van der Waals surface area (Å²) in [4.78, 5) is 36.5. The first kappa shape index (κ1) is 31.2. The van der Waals surface area contributed by atoms with Gasteiger partial charge >= 0.3 is 12.2 Å². The molecule has 0 spiro atoms. The smallest absolute Gasteiger partial charge is 0.424 e. The molecule has 240 valence electrons. The Morgan fingerprint density at radius 2 is 1.80 bits per heavy atom. The van der Waals surface area contributed by atoms with Crippen LogP contribution >= 0.6 is 0 Å². The normalized spacial score (nSPS) is 17.4. The van der Waals surface area contributed by atoms with Crippen molar-refractivity contribution < 1.29 is 37.0 Å². The number of carbonyl (C=O) groups is 2. The van der Waals surface area contributed by atoms with E-state index >= 15 is 0 Å². The molecule has 3 N–H and O–H groups in total. The van der Waals surface area contributed by atoms with Crippen LogP contribution in [0.3, 0.4) is 0 Å². The van der Waals surface area contributed by atoms with Crippen LogP contribution in [0.25, 0.3) is 22.2 Å². The molecule has 2 aliphatic rings. The van der Waals surface area contributed by atoms with Crippen LogP contribution in [0.15, 0.2) is 54.7 Å². The largest absolute Gasteiger partial charge is 0.490 e. The van der Waals surface area contributed by atoms with E-state index in [1.807, 2.05) is 0 Å². The number of aromatic nitrogens is 2. The molecule has 0 saturated carbocycles. The van der Waals surface area contributed by atoms with Crippen molar-refractivity contribution in [2.75, 3.05) is 31.6 Å². The summed E-state index contributed by atoms with van der Waals surface area (Å²) in [5.41, 5.74) is -2.27. The Hall–Kier alpha value is -4.78. The molecule has 0 bridgehead atoms. The highest BCUT2D eigenvalue weighted by molar-refractivity contribution is 6.05. The van der Waals surface area contributed by atoms with Crippen LogP contribution < -0.4 is 15.4 Å². The predicted molar refractivity (Wildman–Crippen MR) is 162 cm³/mol. The summed E-state index contributed by atoms with van der Waals surface area (Å²) in [6.07, 6.45) is -1.92. The number of rotatable bonds is 6. The predicted octanol–water partition coefficient (Wildman–Crippen LogP) is 6.05. The van der Waals surface area contributed by atoms with Crippen molar-refractivity contribution in [3.8, 4) is 17.0 Å². The molecule has 0 unspecified atom stereocenters. The van der Waals surface area contributed by atoms with E-state index < -0.39 is 35.7 Å². The Bertz CT molecular complexity index is 1830. The molecule has 2 aliphatic heterocycles. The van der Waals surface area contributed by atoms with Gasteiger partial charge in [-0.2, -0.15) is 13.2 Å². The molecular weight excluding hydrogens is 606 g/mol. The molecule has 4 aromatic rings. The van der Waals surface area contributed by atoms with Gasteiger partial charge in [-0.1, -0.05) is 6.92 Å². The van der Waals surface area contributed by atoms with Gasteiger partial charge in [0.05, 0.1) is 30.0 Å². The number of aliphatic hydroxyl groups is 1. The maximum Gasteiger partial charge on any atom is 0.424 e. The first-order valence-electron chi connectivity index (χ1n) is 14.8. The second-order valence-corrected chi connectivity index (χ2v) is 11.8. The number of pyridine rings is 2. The molecule has 2 aromatic carbocycles. The number of aryl methyl sites for hydroxylation is 1. The number of hydrogen-bond acceptors (Lipinski definition) is 6. The van der Waals surface area contributed by atoms with E-state index in [0.717, 1.165) is 36.6 Å². The van der Waals surface area contributed by atoms with Crippen molar-refractivity contribution in [2.24, 2.45) is 0 Å². The molecule has 1 fully saturated rings. The van der Waals surface area contributed by atoms with Crippen LogP contribution in [-0.4, -0.2) is 64.3 Å². The number of anilines is 1. The van der Waals surface area contributed by atoms with Crippen LogP contribution in [0.2, 0.25) is 0 Å². The van der Waals surface area contributed by atoms with Crippen molar-refractivity contribution in [2.45, 2.75) is 44.4 Å². The van der Waals surface area contributed by atoms with Gasteiger partial charge in [-0.05, 0) is 73.9 Å². The number of hydrogen-bond donors (Lipinski definition) is 3. The number of urea groups is 1. The third-order valence-electron chi connectivity index (χ3n) is 8.34. The summed E-state index contributed by atoms with van der Waals surface area (Å²) in [5, 5.41) is 16.8. The number of likely N-dealkylation sites (tertiary alicyclic amines) is 1. The molecule has 0 radical (unpaired) electrons. The maximum atomic E-state index is 14.7. The molecule has 0 aliphatic carbocycles. The van der Waals surface area contributed by atoms with Crippen LogP contribution in [0.1, 0.15) is 52.9 Å². The van der Waals surface area contributed by atoms with Crippen LogP contribution in [0, 0.1) is 12.7 Å². The molecule has 2 atom stereocenters. The lowest BCUT2D eigenvalue weighted by Gasteiger charge is -2.31. The third-order valence-corrected chi connectivity index (χ3v) is 8.34. The Balaban J connectivity index is 1.34. The zero-order valence-electron chi connectivity index (χ0n) is 25.0. The first-order valence-corrected chi connectivity index (χ1v) is 14.8. The fourth-order valence-corrected chi connectivity index (χ4v) is 5.73. The monoisotopic (exact) mass is 637 g/mol. The second-order valence-electron chi connectivity index (χ2n) is 11.8. The molecule has 9 nitrogen and oxygen atoms in total. The Morgan fingerprint density at radius 3 is 2.50 bits per heavy atom. The number of alkyl halides is 3. The fraction of sp³-hybridized carbons (Fsp3) is 0.333. The second kappa shape index (κ2) is 11.9. The van der Waals surface area contributed by atoms with E-state index in [9.17, 15) is 32.3 Å². The lowest BCUT2D eigenvalue weighted by atomic mass is 9.92. The summed E-state index contributed by atoms with van der Waals surface area (Å²) in [7, 11) is 0. The molecule has 1 saturated heterocycles. The van der Waals surface area contributed by atoms with Gasteiger partial charge in [-0.15, -0.1) is 0 Å². The van der Waals surface area contributed by atoms with Crippen LogP contribution in [0.4, 0.5) is 28.0 Å². The number of benzene rings is 2. The van der Waals surface area contributed by atoms with Crippen molar-refractivity contribution in [1.29, 1.82) is 0 Å². The molecule has 6 rings (SSSR count). The number of nitrogens with one attached hydrogen (secondary N) is 2. The van der Waals surface area contributed by atoms with E-state index in [-0.39, 0.29) is 41.3 Å². The van der Waals surface area contributed by atoms with E-state index in [2.05, 4.69) is 20.6 Å². The highest BCUT2D eigenvalue weighted by atomic mass is 19.4. The molecule has 46 heavy (non-hydrogen) atoms. The van der Waals surface area contributed by atoms with Crippen molar-refractivity contribution >= 4 is 28.5 Å². The molecule has 13 heteroatoms. The third kappa shape index (κ3) is 5.82. The molecule has 3 amide bonds. The average molecular weight is 638 g/mol. The Kier molecular flexibility index (Phi) is 8.05. The molecule has 4 heterocycles. The lowest BCUT2D eigenvalue weighted by molar-refractivity contribution is -0.265. The quantitative estimate of drug-likeness (QED) is 0.222. The van der Waals surface area contributed by atoms with Gasteiger partial charge in [-0.3, -0.25) is 9.78 Å². The highest BCUT2D eigenvalue weighted by Crippen LogP contribution is 2.45. The van der Waals surface area contributed by atoms with Gasteiger partial charge < -0.3 is 25.4 Å². The highest BCUT2D eigenvalue weighted by Gasteiger charge is 2.57. The minimum absolute atomic E-state index is 0.0154. The van der Waals surface area contributed by atoms with E-state index in [0.29, 0.717) is 35.1 Å². The van der Waals surface area contributed by atoms with E-state index in [1.54, 1.807) is 31.0 Å². The topological polar surface area (TPSA) is 117 Å². The summed E-state index contributed by atoms with van der Waals surface area (Å²) >= 11 is 0. The first-order chi connectivity index (χ1) is 21.8. The standard InChI is InChI=1S/C33H31F4N5O4/c1-18-11-21-12-22(13-25(27(21)38-15-18)40-31(44)42-9-3-4-10-42)30(43)39-17-32(45,33(35,36)37)26-14-24-19(2)16-46-29(24)28(41-26)20-5-7-23(34)8-6-20/h5-8,11-15,19,45H,3-4,9-10,16-17H2,1-2H3,(H,39,43)(H,40,44)/t19-,32+/m1/s1. The van der Waals surface area contributed by atoms with Crippen LogP contribution in [-0.2, 0) is 5.60 Å². The minimum Gasteiger partial charge on any atom is -0.490 e. The van der Waals surface area contributed by atoms with Gasteiger partial charge in [0.15, 0.2) is 0 Å². The number of ether oxygens (including phenoxy) is 1. The zero-order chi connectivity index (χ0) is 32.8. The fourth-order valence-electron chi connectivity index (χ4n) is 5.73. The SMILES string of the molecule is Cc1cnc2c(NC(=O)N3CCCC3)cc(C(=O)NC[C@](O)(c3cc4c(c(-c5ccc(F)cc5)n3)OC[C@H]4C)C(F)(F)F)cc2c1. The van der Waals surface area contributed by atoms with E-state index in [4.69, 9.17) is 4.74 Å². The Labute approximate surface area is 261 Å². The van der Waals surface area contributed by atoms with Gasteiger partial charge in [0.1, 0.15) is 17.3 Å². The zero-order valence-corrected chi connectivity index (χ0v) is 25.0. The summed E-state index contributed by atoms with van der Waals surface area (Å²) in [6.45, 7) is 3.63. The summed E-state index contributed by atoms with van der Waals surface area (Å²) in [5.74, 6) is -1.52. The number of carbonyl (C=O) groups excluding carboxylic acids is 2. The summed E-state index contributed by atoms with van der Waals surface area (Å²) in [6, 6.07) is 10.3. The van der Waals surface area contributed by atoms with Gasteiger partial charge in [0.2, 0.25) is 5.60 Å². The average Bonchev–Trinajstić information content (AvgIpc) is 3.69. The summed E-state index contributed by atoms with van der Waals surface area (Å²) < 4.78 is 63.5. The Morgan fingerprint density at radius 1 is 1.09 bits per heavy atom. The lowest BCUT2D eigenvalue weighted by Crippen LogP contribution is -2.51. The number of nitrogens with zero attached hydrogens (tertiary/aromatic N) is 3. The van der Waals surface area contributed by atoms with Crippen molar-refractivity contribution in [3.05, 3.63) is 82.9 Å². The van der Waals surface area contributed by atoms with Crippen molar-refractivity contribution in [3.63, 3.8) is 0 Å². The van der Waals surface area contributed by atoms with Gasteiger partial charge in [0.25, 0.3) is 5.91 Å². The maximum absolute atomic E-state index is 14.7. The van der Waals surface area contributed by atoms with Crippen LogP contribution in [0.5, 0.6) is 5.75 Å². The number of halogens is 4. The van der Waals surface area contributed by atoms with E-state index in [1.165, 1.54) is 24.3 Å². The van der Waals surface area contributed by atoms with Gasteiger partial charge in [0, 0.05) is 47.3 Å². The number of fused-ring (bicyclic) bond motifs is 2. The minimum atomic E-state index is -5.26. The number of amides is 3. The molecular formula is C33H31F4N5O4. The van der Waals surface area contributed by atoms with Crippen molar-refractivity contribution in [1.82, 2.24) is 20.2 Å². The molecule has 2 aromatic heterocycles. The van der Waals surface area contributed by atoms with Gasteiger partial charge in [-0.25, -0.2) is 14.2 Å².